The zero-order valence-electron chi connectivity index (χ0n) is 20.5. The van der Waals surface area contributed by atoms with Crippen LogP contribution in [-0.4, -0.2) is 45.7 Å². The number of hydrogen-bond donors (Lipinski definition) is 2. The fourth-order valence-corrected chi connectivity index (χ4v) is 5.49. The standard InChI is InChI=1S/C28H32ClN3O4/c1-2-7-23(19-10-12-20(13-11-19)26(35)30-17-14-24(33)34)32-27(36)25(21-8-6-9-22(29)18-21)31-28(32)15-4-3-5-16-28/h6,8-13,18,23H,2-5,7,14-17H2,1H3,(H,30,35)(H,33,34)/t23-/m1/s1. The average Bonchev–Trinajstić information content (AvgIpc) is 3.14. The van der Waals surface area contributed by atoms with E-state index in [1.54, 1.807) is 24.3 Å². The summed E-state index contributed by atoms with van der Waals surface area (Å²) in [5, 5.41) is 12.0. The van der Waals surface area contributed by atoms with Gasteiger partial charge >= 0.3 is 5.97 Å². The largest absolute Gasteiger partial charge is 0.481 e. The monoisotopic (exact) mass is 509 g/mol. The molecule has 7 nitrogen and oxygen atoms in total. The molecule has 2 aromatic rings. The molecule has 36 heavy (non-hydrogen) atoms. The lowest BCUT2D eigenvalue weighted by molar-refractivity contribution is -0.137. The van der Waals surface area contributed by atoms with E-state index in [0.717, 1.165) is 56.1 Å². The van der Waals surface area contributed by atoms with Crippen molar-refractivity contribution in [3.05, 3.63) is 70.2 Å². The molecule has 1 spiro atoms. The molecule has 0 saturated heterocycles. The van der Waals surface area contributed by atoms with E-state index < -0.39 is 11.6 Å². The highest BCUT2D eigenvalue weighted by Crippen LogP contribution is 2.45. The lowest BCUT2D eigenvalue weighted by Gasteiger charge is -2.44. The van der Waals surface area contributed by atoms with Gasteiger partial charge in [0.05, 0.1) is 12.5 Å². The van der Waals surface area contributed by atoms with Crippen molar-refractivity contribution >= 4 is 35.1 Å². The summed E-state index contributed by atoms with van der Waals surface area (Å²) in [5.74, 6) is -1.35. The fraction of sp³-hybridized carbons (Fsp3) is 0.429. The topological polar surface area (TPSA) is 99.1 Å². The first-order chi connectivity index (χ1) is 17.3. The lowest BCUT2D eigenvalue weighted by Crippen LogP contribution is -2.50. The van der Waals surface area contributed by atoms with Crippen LogP contribution in [0.4, 0.5) is 0 Å². The second-order valence-corrected chi connectivity index (χ2v) is 9.95. The van der Waals surface area contributed by atoms with Crippen LogP contribution < -0.4 is 5.32 Å². The maximum absolute atomic E-state index is 14.0. The van der Waals surface area contributed by atoms with Crippen LogP contribution in [0.2, 0.25) is 5.02 Å². The van der Waals surface area contributed by atoms with Gasteiger partial charge in [-0.25, -0.2) is 0 Å². The van der Waals surface area contributed by atoms with Gasteiger partial charge in [0.25, 0.3) is 11.8 Å². The molecule has 0 radical (unpaired) electrons. The van der Waals surface area contributed by atoms with E-state index in [-0.39, 0.29) is 30.8 Å². The molecule has 190 valence electrons. The minimum atomic E-state index is -0.959. The number of carbonyl (C=O) groups is 3. The van der Waals surface area contributed by atoms with Gasteiger partial charge in [-0.2, -0.15) is 0 Å². The molecular formula is C28H32ClN3O4. The minimum Gasteiger partial charge on any atom is -0.481 e. The summed E-state index contributed by atoms with van der Waals surface area (Å²) in [5.41, 5.74) is 2.05. The highest BCUT2D eigenvalue weighted by atomic mass is 35.5. The Morgan fingerprint density at radius 3 is 2.50 bits per heavy atom. The van der Waals surface area contributed by atoms with E-state index in [1.807, 2.05) is 29.2 Å². The summed E-state index contributed by atoms with van der Waals surface area (Å²) in [6, 6.07) is 14.4. The molecular weight excluding hydrogens is 478 g/mol. The molecule has 2 N–H and O–H groups in total. The van der Waals surface area contributed by atoms with Gasteiger partial charge in [0.2, 0.25) is 0 Å². The van der Waals surface area contributed by atoms with E-state index in [1.165, 1.54) is 0 Å². The van der Waals surface area contributed by atoms with Crippen molar-refractivity contribution in [3.8, 4) is 0 Å². The molecule has 0 bridgehead atoms. The van der Waals surface area contributed by atoms with Gasteiger partial charge in [0, 0.05) is 22.7 Å². The molecule has 1 aliphatic carbocycles. The van der Waals surface area contributed by atoms with Crippen LogP contribution in [0.3, 0.4) is 0 Å². The Hall–Kier alpha value is -3.19. The van der Waals surface area contributed by atoms with E-state index in [4.69, 9.17) is 21.7 Å². The number of halogens is 1. The molecule has 1 aliphatic heterocycles. The predicted molar refractivity (Wildman–Crippen MR) is 139 cm³/mol. The molecule has 2 aromatic carbocycles. The van der Waals surface area contributed by atoms with Crippen LogP contribution in [0.25, 0.3) is 0 Å². The van der Waals surface area contributed by atoms with Crippen molar-refractivity contribution in [3.63, 3.8) is 0 Å². The van der Waals surface area contributed by atoms with Crippen LogP contribution in [0.15, 0.2) is 53.5 Å². The zero-order valence-corrected chi connectivity index (χ0v) is 21.3. The van der Waals surface area contributed by atoms with Crippen molar-refractivity contribution in [2.75, 3.05) is 6.54 Å². The second-order valence-electron chi connectivity index (χ2n) is 9.52. The number of benzene rings is 2. The Labute approximate surface area is 216 Å². The normalized spacial score (nSPS) is 17.7. The van der Waals surface area contributed by atoms with Crippen molar-refractivity contribution < 1.29 is 19.5 Å². The minimum absolute atomic E-state index is 0.0722. The second kappa shape index (κ2) is 11.2. The van der Waals surface area contributed by atoms with Crippen molar-refractivity contribution in [2.24, 2.45) is 4.99 Å². The summed E-state index contributed by atoms with van der Waals surface area (Å²) in [4.78, 5) is 44.2. The van der Waals surface area contributed by atoms with Gasteiger partial charge < -0.3 is 15.3 Å². The molecule has 1 fully saturated rings. The van der Waals surface area contributed by atoms with Gasteiger partial charge in [-0.3, -0.25) is 19.4 Å². The van der Waals surface area contributed by atoms with Crippen LogP contribution in [0, 0.1) is 0 Å². The number of carboxylic acid groups (broad SMARTS) is 1. The molecule has 1 saturated carbocycles. The van der Waals surface area contributed by atoms with Gasteiger partial charge in [-0.05, 0) is 61.9 Å². The molecule has 2 aliphatic rings. The highest BCUT2D eigenvalue weighted by Gasteiger charge is 2.50. The summed E-state index contributed by atoms with van der Waals surface area (Å²) in [6.45, 7) is 2.17. The molecule has 0 unspecified atom stereocenters. The summed E-state index contributed by atoms with van der Waals surface area (Å²) in [6.07, 6.45) is 6.35. The van der Waals surface area contributed by atoms with Gasteiger partial charge in [-0.1, -0.05) is 55.6 Å². The van der Waals surface area contributed by atoms with Crippen LogP contribution >= 0.6 is 11.6 Å². The summed E-state index contributed by atoms with van der Waals surface area (Å²) >= 11 is 6.24. The number of carbonyl (C=O) groups excluding carboxylic acids is 2. The lowest BCUT2D eigenvalue weighted by atomic mass is 9.86. The van der Waals surface area contributed by atoms with Crippen molar-refractivity contribution in [1.82, 2.24) is 10.2 Å². The van der Waals surface area contributed by atoms with Gasteiger partial charge in [0.1, 0.15) is 11.4 Å². The fourth-order valence-electron chi connectivity index (χ4n) is 5.30. The first-order valence-corrected chi connectivity index (χ1v) is 13.0. The molecule has 8 heteroatoms. The molecule has 1 heterocycles. The Kier molecular flexibility index (Phi) is 8.09. The van der Waals surface area contributed by atoms with E-state index in [9.17, 15) is 14.4 Å². The number of aliphatic carboxylic acids is 1. The van der Waals surface area contributed by atoms with E-state index in [0.29, 0.717) is 16.3 Å². The highest BCUT2D eigenvalue weighted by molar-refractivity contribution is 6.47. The van der Waals surface area contributed by atoms with Crippen LogP contribution in [0.5, 0.6) is 0 Å². The van der Waals surface area contributed by atoms with Crippen LogP contribution in [0.1, 0.15) is 85.8 Å². The number of amides is 2. The Balaban J connectivity index is 1.64. The van der Waals surface area contributed by atoms with Gasteiger partial charge in [0.15, 0.2) is 0 Å². The first kappa shape index (κ1) is 25.9. The Morgan fingerprint density at radius 1 is 1.14 bits per heavy atom. The average molecular weight is 510 g/mol. The number of aliphatic imine (C=N–C) groups is 1. The molecule has 2 amide bonds. The third-order valence-corrected chi connectivity index (χ3v) is 7.23. The number of hydrogen-bond acceptors (Lipinski definition) is 4. The zero-order chi connectivity index (χ0) is 25.7. The molecule has 0 aromatic heterocycles. The third-order valence-electron chi connectivity index (χ3n) is 7.00. The number of nitrogens with zero attached hydrogens (tertiary/aromatic N) is 2. The maximum Gasteiger partial charge on any atom is 0.305 e. The quantitative estimate of drug-likeness (QED) is 0.474. The third kappa shape index (κ3) is 5.46. The maximum atomic E-state index is 14.0. The van der Waals surface area contributed by atoms with Crippen molar-refractivity contribution in [1.29, 1.82) is 0 Å². The van der Waals surface area contributed by atoms with Crippen LogP contribution in [-0.2, 0) is 9.59 Å². The predicted octanol–water partition coefficient (Wildman–Crippen LogP) is 5.38. The van der Waals surface area contributed by atoms with E-state index >= 15 is 0 Å². The number of rotatable bonds is 9. The van der Waals surface area contributed by atoms with Crippen molar-refractivity contribution in [2.45, 2.75) is 70.0 Å². The summed E-state index contributed by atoms with van der Waals surface area (Å²) in [7, 11) is 0. The number of carboxylic acids is 1. The van der Waals surface area contributed by atoms with Gasteiger partial charge in [-0.15, -0.1) is 0 Å². The SMILES string of the molecule is CCC[C@H](c1ccc(C(=O)NCCC(=O)O)cc1)N1C(=O)C(c2cccc(Cl)c2)=NC12CCCCC2. The van der Waals surface area contributed by atoms with E-state index in [2.05, 4.69) is 12.2 Å². The first-order valence-electron chi connectivity index (χ1n) is 12.6. The Morgan fingerprint density at radius 2 is 1.86 bits per heavy atom. The molecule has 4 rings (SSSR count). The number of nitrogens with one attached hydrogen (secondary N) is 1. The smallest absolute Gasteiger partial charge is 0.305 e. The Bertz CT molecular complexity index is 1160. The molecule has 1 atom stereocenters. The summed E-state index contributed by atoms with van der Waals surface area (Å²) < 4.78 is 0.